The van der Waals surface area contributed by atoms with Crippen molar-refractivity contribution in [2.45, 2.75) is 58.1 Å². The van der Waals surface area contributed by atoms with E-state index in [-0.39, 0.29) is 11.1 Å². The van der Waals surface area contributed by atoms with Gasteiger partial charge in [-0.3, -0.25) is 4.90 Å². The highest BCUT2D eigenvalue weighted by Gasteiger charge is 2.39. The maximum absolute atomic E-state index is 6.95. The first kappa shape index (κ1) is 26.1. The molecule has 4 aromatic rings. The lowest BCUT2D eigenvalue weighted by atomic mass is 10.1. The van der Waals surface area contributed by atoms with Gasteiger partial charge in [-0.05, 0) is 41.4 Å². The van der Waals surface area contributed by atoms with Gasteiger partial charge in [-0.25, -0.2) is 4.98 Å². The lowest BCUT2D eigenvalue weighted by Crippen LogP contribution is -2.48. The molecule has 0 fully saturated rings. The van der Waals surface area contributed by atoms with E-state index in [1.807, 2.05) is 18.2 Å². The van der Waals surface area contributed by atoms with Crippen LogP contribution in [0.5, 0.6) is 5.75 Å². The molecule has 1 heterocycles. The summed E-state index contributed by atoms with van der Waals surface area (Å²) in [5.41, 5.74) is 4.51. The molecule has 190 valence electrons. The van der Waals surface area contributed by atoms with Gasteiger partial charge in [0.1, 0.15) is 12.4 Å². The summed E-state index contributed by atoms with van der Waals surface area (Å²) in [6.45, 7) is 14.5. The Morgan fingerprint density at radius 2 is 1.50 bits per heavy atom. The first-order valence-electron chi connectivity index (χ1n) is 12.7. The van der Waals surface area contributed by atoms with Crippen LogP contribution in [0.2, 0.25) is 18.1 Å². The molecule has 5 nitrogen and oxygen atoms in total. The normalized spacial score (nSPS) is 13.3. The predicted octanol–water partition coefficient (Wildman–Crippen LogP) is 7.03. The zero-order valence-electron chi connectivity index (χ0n) is 22.2. The van der Waals surface area contributed by atoms with Gasteiger partial charge in [0.2, 0.25) is 0 Å². The maximum Gasteiger partial charge on any atom is 0.192 e. The topological polar surface area (TPSA) is 50.4 Å². The van der Waals surface area contributed by atoms with E-state index in [2.05, 4.69) is 109 Å². The van der Waals surface area contributed by atoms with Gasteiger partial charge in [-0.15, -0.1) is 0 Å². The molecule has 0 aliphatic heterocycles. The Balaban J connectivity index is 1.55. The van der Waals surface area contributed by atoms with Gasteiger partial charge in [0, 0.05) is 25.7 Å². The molecule has 0 saturated heterocycles. The van der Waals surface area contributed by atoms with Crippen LogP contribution >= 0.6 is 0 Å². The second kappa shape index (κ2) is 11.4. The Bertz CT molecular complexity index is 1180. The SMILES string of the molecule is CC(C)(C)[Si](C)(C)O[C@H](COc1ccc2[nH]cnc2c1)CN(Cc1ccccc1)Cc1ccccc1. The van der Waals surface area contributed by atoms with Gasteiger partial charge in [0.15, 0.2) is 8.32 Å². The number of fused-ring (bicyclic) bond motifs is 1. The van der Waals surface area contributed by atoms with E-state index in [1.165, 1.54) is 11.1 Å². The Labute approximate surface area is 216 Å². The molecule has 36 heavy (non-hydrogen) atoms. The number of rotatable bonds is 11. The molecule has 4 rings (SSSR count). The number of benzene rings is 3. The summed E-state index contributed by atoms with van der Waals surface area (Å²) >= 11 is 0. The smallest absolute Gasteiger partial charge is 0.192 e. The second-order valence-corrected chi connectivity index (χ2v) is 15.8. The van der Waals surface area contributed by atoms with Crippen LogP contribution < -0.4 is 4.74 Å². The van der Waals surface area contributed by atoms with E-state index in [0.717, 1.165) is 36.4 Å². The highest BCUT2D eigenvalue weighted by atomic mass is 28.4. The molecule has 0 bridgehead atoms. The summed E-state index contributed by atoms with van der Waals surface area (Å²) < 4.78 is 13.3. The van der Waals surface area contributed by atoms with Gasteiger partial charge in [-0.1, -0.05) is 81.4 Å². The monoisotopic (exact) mass is 501 g/mol. The van der Waals surface area contributed by atoms with Crippen molar-refractivity contribution < 1.29 is 9.16 Å². The highest BCUT2D eigenvalue weighted by Crippen LogP contribution is 2.37. The zero-order chi connectivity index (χ0) is 25.6. The first-order chi connectivity index (χ1) is 17.2. The second-order valence-electron chi connectivity index (χ2n) is 11.0. The van der Waals surface area contributed by atoms with Crippen molar-refractivity contribution in [2.24, 2.45) is 0 Å². The van der Waals surface area contributed by atoms with E-state index in [1.54, 1.807) is 6.33 Å². The Hall–Kier alpha value is -2.93. The predicted molar refractivity (Wildman–Crippen MR) is 151 cm³/mol. The summed E-state index contributed by atoms with van der Waals surface area (Å²) in [7, 11) is -2.01. The van der Waals surface area contributed by atoms with Crippen LogP contribution in [-0.4, -0.2) is 42.4 Å². The molecular formula is C30H39N3O2Si. The number of hydrogen-bond acceptors (Lipinski definition) is 4. The number of H-pyrrole nitrogens is 1. The van der Waals surface area contributed by atoms with Crippen molar-refractivity contribution >= 4 is 19.4 Å². The molecule has 0 radical (unpaired) electrons. The quantitative estimate of drug-likeness (QED) is 0.224. The molecule has 1 atom stereocenters. The number of nitrogens with one attached hydrogen (secondary N) is 1. The Morgan fingerprint density at radius 1 is 0.889 bits per heavy atom. The molecular weight excluding hydrogens is 462 g/mol. The number of aromatic amines is 1. The zero-order valence-corrected chi connectivity index (χ0v) is 23.2. The van der Waals surface area contributed by atoms with E-state index in [0.29, 0.717) is 6.61 Å². The standard InChI is InChI=1S/C30H39N3O2Si/c1-30(2,3)36(4,5)35-27(22-34-26-16-17-28-29(18-26)32-23-31-28)21-33(19-24-12-8-6-9-13-24)20-25-14-10-7-11-15-25/h6-18,23,27H,19-22H2,1-5H3,(H,31,32)/t27-/m0/s1. The molecule has 1 N–H and O–H groups in total. The summed E-state index contributed by atoms with van der Waals surface area (Å²) in [6.07, 6.45) is 1.65. The fraction of sp³-hybridized carbons (Fsp3) is 0.367. The van der Waals surface area contributed by atoms with Gasteiger partial charge in [0.05, 0.1) is 23.5 Å². The van der Waals surface area contributed by atoms with Gasteiger partial charge in [0.25, 0.3) is 0 Å². The Kier molecular flexibility index (Phi) is 8.29. The minimum Gasteiger partial charge on any atom is -0.491 e. The average Bonchev–Trinajstić information content (AvgIpc) is 3.31. The van der Waals surface area contributed by atoms with Crippen molar-refractivity contribution in [3.63, 3.8) is 0 Å². The number of imidazole rings is 1. The van der Waals surface area contributed by atoms with E-state index < -0.39 is 8.32 Å². The van der Waals surface area contributed by atoms with Gasteiger partial charge >= 0.3 is 0 Å². The minimum absolute atomic E-state index is 0.0619. The molecule has 0 aliphatic carbocycles. The molecule has 3 aromatic carbocycles. The fourth-order valence-electron chi connectivity index (χ4n) is 4.06. The lowest BCUT2D eigenvalue weighted by Gasteiger charge is -2.40. The minimum atomic E-state index is -2.01. The molecule has 0 spiro atoms. The summed E-state index contributed by atoms with van der Waals surface area (Å²) in [5.74, 6) is 0.816. The summed E-state index contributed by atoms with van der Waals surface area (Å²) in [4.78, 5) is 9.99. The molecule has 0 aliphatic rings. The highest BCUT2D eigenvalue weighted by molar-refractivity contribution is 6.74. The van der Waals surface area contributed by atoms with Crippen LogP contribution in [-0.2, 0) is 17.5 Å². The number of aromatic nitrogens is 2. The first-order valence-corrected chi connectivity index (χ1v) is 15.6. The number of ether oxygens (including phenoxy) is 1. The van der Waals surface area contributed by atoms with E-state index in [9.17, 15) is 0 Å². The lowest BCUT2D eigenvalue weighted by molar-refractivity contribution is 0.0702. The average molecular weight is 502 g/mol. The molecule has 0 amide bonds. The number of hydrogen-bond donors (Lipinski definition) is 1. The van der Waals surface area contributed by atoms with E-state index >= 15 is 0 Å². The summed E-state index contributed by atoms with van der Waals surface area (Å²) in [6, 6.07) is 27.3. The molecule has 1 aromatic heterocycles. The molecule has 0 saturated carbocycles. The third-order valence-corrected chi connectivity index (χ3v) is 11.6. The molecule has 6 heteroatoms. The third-order valence-electron chi connectivity index (χ3n) is 7.06. The van der Waals surface area contributed by atoms with Crippen LogP contribution in [0.1, 0.15) is 31.9 Å². The van der Waals surface area contributed by atoms with Crippen LogP contribution in [0.15, 0.2) is 85.2 Å². The van der Waals surface area contributed by atoms with Gasteiger partial charge < -0.3 is 14.1 Å². The van der Waals surface area contributed by atoms with Crippen LogP contribution in [0.25, 0.3) is 11.0 Å². The van der Waals surface area contributed by atoms with Crippen molar-refractivity contribution in [1.29, 1.82) is 0 Å². The van der Waals surface area contributed by atoms with Crippen LogP contribution in [0.3, 0.4) is 0 Å². The van der Waals surface area contributed by atoms with Crippen LogP contribution in [0.4, 0.5) is 0 Å². The largest absolute Gasteiger partial charge is 0.491 e. The fourth-order valence-corrected chi connectivity index (χ4v) is 5.39. The maximum atomic E-state index is 6.95. The van der Waals surface area contributed by atoms with Crippen LogP contribution in [0, 0.1) is 0 Å². The van der Waals surface area contributed by atoms with Crippen molar-refractivity contribution in [2.75, 3.05) is 13.2 Å². The summed E-state index contributed by atoms with van der Waals surface area (Å²) in [5, 5.41) is 0.114. The van der Waals surface area contributed by atoms with Gasteiger partial charge in [-0.2, -0.15) is 0 Å². The third kappa shape index (κ3) is 7.06. The Morgan fingerprint density at radius 3 is 2.08 bits per heavy atom. The van der Waals surface area contributed by atoms with Crippen molar-refractivity contribution in [1.82, 2.24) is 14.9 Å². The molecule has 0 unspecified atom stereocenters. The van der Waals surface area contributed by atoms with E-state index in [4.69, 9.17) is 9.16 Å². The number of nitrogens with zero attached hydrogens (tertiary/aromatic N) is 2. The van der Waals surface area contributed by atoms with Crippen molar-refractivity contribution in [3.05, 3.63) is 96.3 Å². The van der Waals surface area contributed by atoms with Crippen molar-refractivity contribution in [3.8, 4) is 5.75 Å².